The van der Waals surface area contributed by atoms with Crippen molar-refractivity contribution in [3.05, 3.63) is 28.5 Å². The number of hydrogen-bond donors (Lipinski definition) is 1. The highest BCUT2D eigenvalue weighted by molar-refractivity contribution is 7.15. The molecule has 134 valence electrons. The van der Waals surface area contributed by atoms with Gasteiger partial charge in [-0.25, -0.2) is 4.98 Å². The molecule has 0 aliphatic carbocycles. The monoisotopic (exact) mass is 363 g/mol. The SMILES string of the molecule is CCc1nc(NC(=O)[C@@H]2OCC(=O)N(C)[C@H]2c2cnn(C)c2)sc1C. The Bertz CT molecular complexity index is 800. The van der Waals surface area contributed by atoms with Gasteiger partial charge in [-0.3, -0.25) is 19.6 Å². The topological polar surface area (TPSA) is 89.3 Å². The Hall–Kier alpha value is -2.26. The fourth-order valence-electron chi connectivity index (χ4n) is 2.91. The van der Waals surface area contributed by atoms with E-state index in [1.807, 2.05) is 13.8 Å². The van der Waals surface area contributed by atoms with Crippen LogP contribution in [0.15, 0.2) is 12.4 Å². The molecular formula is C16H21N5O3S. The molecule has 8 nitrogen and oxygen atoms in total. The molecule has 0 spiro atoms. The van der Waals surface area contributed by atoms with Crippen molar-refractivity contribution in [2.75, 3.05) is 19.0 Å². The average Bonchev–Trinajstić information content (AvgIpc) is 3.15. The minimum atomic E-state index is -0.818. The number of carbonyl (C=O) groups is 2. The van der Waals surface area contributed by atoms with Gasteiger partial charge in [0.25, 0.3) is 5.91 Å². The lowest BCUT2D eigenvalue weighted by Gasteiger charge is -2.37. The van der Waals surface area contributed by atoms with Crippen LogP contribution in [0, 0.1) is 6.92 Å². The van der Waals surface area contributed by atoms with Crippen molar-refractivity contribution in [2.45, 2.75) is 32.4 Å². The van der Waals surface area contributed by atoms with Crippen LogP contribution in [0.2, 0.25) is 0 Å². The summed E-state index contributed by atoms with van der Waals surface area (Å²) in [7, 11) is 3.46. The molecule has 0 bridgehead atoms. The molecule has 1 saturated heterocycles. The van der Waals surface area contributed by atoms with E-state index in [4.69, 9.17) is 4.74 Å². The van der Waals surface area contributed by atoms with Gasteiger partial charge in [-0.15, -0.1) is 11.3 Å². The highest BCUT2D eigenvalue weighted by atomic mass is 32.1. The lowest BCUT2D eigenvalue weighted by atomic mass is 10.0. The van der Waals surface area contributed by atoms with Gasteiger partial charge in [-0.05, 0) is 13.3 Å². The second-order valence-corrected chi connectivity index (χ2v) is 7.20. The van der Waals surface area contributed by atoms with Crippen molar-refractivity contribution < 1.29 is 14.3 Å². The molecular weight excluding hydrogens is 342 g/mol. The number of carbonyl (C=O) groups excluding carboxylic acids is 2. The Labute approximate surface area is 149 Å². The molecule has 2 amide bonds. The summed E-state index contributed by atoms with van der Waals surface area (Å²) in [5.41, 5.74) is 1.73. The van der Waals surface area contributed by atoms with E-state index in [9.17, 15) is 9.59 Å². The van der Waals surface area contributed by atoms with Crippen LogP contribution in [0.25, 0.3) is 0 Å². The third kappa shape index (κ3) is 3.42. The van der Waals surface area contributed by atoms with E-state index in [0.29, 0.717) is 5.13 Å². The molecule has 1 N–H and O–H groups in total. The maximum absolute atomic E-state index is 12.8. The molecule has 1 fully saturated rings. The number of nitrogens with one attached hydrogen (secondary N) is 1. The predicted octanol–water partition coefficient (Wildman–Crippen LogP) is 1.28. The van der Waals surface area contributed by atoms with Crippen LogP contribution in [0.5, 0.6) is 0 Å². The zero-order valence-corrected chi connectivity index (χ0v) is 15.5. The van der Waals surface area contributed by atoms with Crippen LogP contribution < -0.4 is 5.32 Å². The highest BCUT2D eigenvalue weighted by Gasteiger charge is 2.41. The Morgan fingerprint density at radius 1 is 1.48 bits per heavy atom. The Balaban J connectivity index is 1.84. The van der Waals surface area contributed by atoms with Crippen LogP contribution in [0.4, 0.5) is 5.13 Å². The number of ether oxygens (including phenoxy) is 1. The molecule has 25 heavy (non-hydrogen) atoms. The summed E-state index contributed by atoms with van der Waals surface area (Å²) in [4.78, 5) is 31.9. The van der Waals surface area contributed by atoms with Gasteiger partial charge in [0.1, 0.15) is 6.61 Å². The van der Waals surface area contributed by atoms with E-state index in [0.717, 1.165) is 22.6 Å². The number of rotatable bonds is 4. The van der Waals surface area contributed by atoms with E-state index >= 15 is 0 Å². The molecule has 3 heterocycles. The fraction of sp³-hybridized carbons (Fsp3) is 0.500. The molecule has 0 unspecified atom stereocenters. The summed E-state index contributed by atoms with van der Waals surface area (Å²) in [6, 6.07) is -0.526. The number of hydrogen-bond acceptors (Lipinski definition) is 6. The van der Waals surface area contributed by atoms with Gasteiger partial charge in [-0.1, -0.05) is 6.92 Å². The first-order valence-electron chi connectivity index (χ1n) is 8.03. The van der Waals surface area contributed by atoms with Gasteiger partial charge in [0.2, 0.25) is 5.91 Å². The predicted molar refractivity (Wildman–Crippen MR) is 93.3 cm³/mol. The van der Waals surface area contributed by atoms with Gasteiger partial charge in [0.15, 0.2) is 11.2 Å². The molecule has 9 heteroatoms. The van der Waals surface area contributed by atoms with Gasteiger partial charge in [-0.2, -0.15) is 5.10 Å². The van der Waals surface area contributed by atoms with Gasteiger partial charge in [0, 0.05) is 30.7 Å². The molecule has 1 aliphatic heterocycles. The number of likely N-dealkylation sites (N-methyl/N-ethyl adjacent to an activating group) is 1. The summed E-state index contributed by atoms with van der Waals surface area (Å²) in [5.74, 6) is -0.485. The van der Waals surface area contributed by atoms with Crippen molar-refractivity contribution in [2.24, 2.45) is 7.05 Å². The molecule has 1 aliphatic rings. The Morgan fingerprint density at radius 2 is 2.24 bits per heavy atom. The van der Waals surface area contributed by atoms with Crippen LogP contribution in [0.1, 0.15) is 29.1 Å². The first-order valence-corrected chi connectivity index (χ1v) is 8.85. The maximum Gasteiger partial charge on any atom is 0.257 e. The summed E-state index contributed by atoms with van der Waals surface area (Å²) < 4.78 is 7.20. The van der Waals surface area contributed by atoms with Crippen LogP contribution in [-0.2, 0) is 27.8 Å². The minimum absolute atomic E-state index is 0.123. The molecule has 0 aromatic carbocycles. The molecule has 2 aromatic rings. The second-order valence-electron chi connectivity index (χ2n) is 5.99. The highest BCUT2D eigenvalue weighted by Crippen LogP contribution is 2.30. The average molecular weight is 363 g/mol. The van der Waals surface area contributed by atoms with Crippen LogP contribution >= 0.6 is 11.3 Å². The second kappa shape index (κ2) is 6.93. The van der Waals surface area contributed by atoms with E-state index in [1.54, 1.807) is 31.2 Å². The van der Waals surface area contributed by atoms with Crippen molar-refractivity contribution in [3.63, 3.8) is 0 Å². The van der Waals surface area contributed by atoms with Crippen molar-refractivity contribution in [1.82, 2.24) is 19.7 Å². The number of amides is 2. The maximum atomic E-state index is 12.8. The van der Waals surface area contributed by atoms with E-state index in [-0.39, 0.29) is 18.4 Å². The lowest BCUT2D eigenvalue weighted by Crippen LogP contribution is -2.51. The zero-order chi connectivity index (χ0) is 18.1. The minimum Gasteiger partial charge on any atom is -0.356 e. The van der Waals surface area contributed by atoms with Crippen LogP contribution in [-0.4, -0.2) is 51.2 Å². The van der Waals surface area contributed by atoms with E-state index in [2.05, 4.69) is 15.4 Å². The molecule has 0 saturated carbocycles. The summed E-state index contributed by atoms with van der Waals surface area (Å²) >= 11 is 1.44. The van der Waals surface area contributed by atoms with Crippen LogP contribution in [0.3, 0.4) is 0 Å². The number of aryl methyl sites for hydroxylation is 3. The number of morpholine rings is 1. The quantitative estimate of drug-likeness (QED) is 0.884. The van der Waals surface area contributed by atoms with Crippen molar-refractivity contribution in [3.8, 4) is 0 Å². The molecule has 2 atom stereocenters. The largest absolute Gasteiger partial charge is 0.356 e. The number of nitrogens with zero attached hydrogens (tertiary/aromatic N) is 4. The Kier molecular flexibility index (Phi) is 4.87. The number of aromatic nitrogens is 3. The fourth-order valence-corrected chi connectivity index (χ4v) is 3.81. The molecule has 3 rings (SSSR count). The summed E-state index contributed by atoms with van der Waals surface area (Å²) in [6.07, 6.45) is 3.42. The normalized spacial score (nSPS) is 20.8. The third-order valence-electron chi connectivity index (χ3n) is 4.27. The first kappa shape index (κ1) is 17.6. The zero-order valence-electron chi connectivity index (χ0n) is 14.6. The van der Waals surface area contributed by atoms with Gasteiger partial charge >= 0.3 is 0 Å². The van der Waals surface area contributed by atoms with Gasteiger partial charge < -0.3 is 9.64 Å². The third-order valence-corrected chi connectivity index (χ3v) is 5.19. The molecule has 2 aromatic heterocycles. The van der Waals surface area contributed by atoms with Gasteiger partial charge in [0.05, 0.1) is 17.9 Å². The smallest absolute Gasteiger partial charge is 0.257 e. The summed E-state index contributed by atoms with van der Waals surface area (Å²) in [6.45, 7) is 3.88. The number of thiazole rings is 1. The van der Waals surface area contributed by atoms with Crippen molar-refractivity contribution >= 4 is 28.3 Å². The lowest BCUT2D eigenvalue weighted by molar-refractivity contribution is -0.160. The number of anilines is 1. The standard InChI is InChI=1S/C16H21N5O3S/c1-5-11-9(2)25-16(18-11)19-15(23)14-13(10-6-17-20(3)7-10)21(4)12(22)8-24-14/h6-7,13-14H,5,8H2,1-4H3,(H,18,19,23)/t13-,14+/m0/s1. The van der Waals surface area contributed by atoms with Crippen molar-refractivity contribution in [1.29, 1.82) is 0 Å². The molecule has 0 radical (unpaired) electrons. The van der Waals surface area contributed by atoms with E-state index < -0.39 is 12.1 Å². The van der Waals surface area contributed by atoms with E-state index in [1.165, 1.54) is 16.2 Å². The Morgan fingerprint density at radius 3 is 2.84 bits per heavy atom. The first-order chi connectivity index (χ1) is 11.9. The summed E-state index contributed by atoms with van der Waals surface area (Å²) in [5, 5.41) is 7.51.